The van der Waals surface area contributed by atoms with Crippen LogP contribution in [0.1, 0.15) is 12.2 Å². The van der Waals surface area contributed by atoms with Crippen molar-refractivity contribution in [3.8, 4) is 0 Å². The van der Waals surface area contributed by atoms with Crippen LogP contribution in [-0.4, -0.2) is 29.2 Å². The van der Waals surface area contributed by atoms with Crippen LogP contribution in [0, 0.1) is 0 Å². The summed E-state index contributed by atoms with van der Waals surface area (Å²) < 4.78 is 5.97. The first-order valence-corrected chi connectivity index (χ1v) is 6.48. The highest BCUT2D eigenvalue weighted by Gasteiger charge is 2.15. The smallest absolute Gasteiger partial charge is 0.268 e. The summed E-state index contributed by atoms with van der Waals surface area (Å²) in [5.41, 5.74) is 0.725. The Kier molecular flexibility index (Phi) is 2.92. The molecule has 1 fully saturated rings. The lowest BCUT2D eigenvalue weighted by atomic mass is 10.2. The SMILES string of the molecule is O=c1[nH]c(CNC2CCOC2)nc2ccsc12. The Labute approximate surface area is 102 Å². The average Bonchev–Trinajstić information content (AvgIpc) is 2.97. The zero-order chi connectivity index (χ0) is 11.7. The number of ether oxygens (including phenoxy) is 1. The van der Waals surface area contributed by atoms with E-state index in [1.54, 1.807) is 0 Å². The van der Waals surface area contributed by atoms with Crippen LogP contribution in [0.5, 0.6) is 0 Å². The Balaban J connectivity index is 1.78. The molecule has 0 aliphatic carbocycles. The number of aromatic amines is 1. The van der Waals surface area contributed by atoms with Gasteiger partial charge >= 0.3 is 0 Å². The number of fused-ring (bicyclic) bond motifs is 1. The van der Waals surface area contributed by atoms with E-state index in [1.807, 2.05) is 11.4 Å². The topological polar surface area (TPSA) is 67.0 Å². The molecule has 0 radical (unpaired) electrons. The van der Waals surface area contributed by atoms with Crippen molar-refractivity contribution in [1.82, 2.24) is 15.3 Å². The van der Waals surface area contributed by atoms with Crippen molar-refractivity contribution in [2.45, 2.75) is 19.0 Å². The predicted octanol–water partition coefficient (Wildman–Crippen LogP) is 0.863. The van der Waals surface area contributed by atoms with E-state index in [0.29, 0.717) is 23.1 Å². The van der Waals surface area contributed by atoms with Gasteiger partial charge in [-0.1, -0.05) is 0 Å². The van der Waals surface area contributed by atoms with Gasteiger partial charge in [-0.15, -0.1) is 11.3 Å². The molecular weight excluding hydrogens is 238 g/mol. The summed E-state index contributed by atoms with van der Waals surface area (Å²) in [7, 11) is 0. The molecule has 5 nitrogen and oxygen atoms in total. The Hall–Kier alpha value is -1.24. The molecule has 1 aliphatic rings. The molecule has 2 N–H and O–H groups in total. The van der Waals surface area contributed by atoms with Gasteiger partial charge < -0.3 is 15.0 Å². The fourth-order valence-corrected chi connectivity index (χ4v) is 2.67. The van der Waals surface area contributed by atoms with Gasteiger partial charge in [-0.2, -0.15) is 0 Å². The number of hydrogen-bond acceptors (Lipinski definition) is 5. The summed E-state index contributed by atoms with van der Waals surface area (Å²) in [4.78, 5) is 18.9. The van der Waals surface area contributed by atoms with E-state index < -0.39 is 0 Å². The minimum absolute atomic E-state index is 0.0514. The molecule has 0 spiro atoms. The van der Waals surface area contributed by atoms with Crippen molar-refractivity contribution < 1.29 is 4.74 Å². The van der Waals surface area contributed by atoms with E-state index in [9.17, 15) is 4.79 Å². The molecule has 0 aromatic carbocycles. The van der Waals surface area contributed by atoms with Gasteiger partial charge in [0.05, 0.1) is 18.7 Å². The molecule has 3 rings (SSSR count). The van der Waals surface area contributed by atoms with Crippen molar-refractivity contribution in [3.63, 3.8) is 0 Å². The van der Waals surface area contributed by atoms with Crippen LogP contribution < -0.4 is 10.9 Å². The maximum atomic E-state index is 11.7. The van der Waals surface area contributed by atoms with Gasteiger partial charge in [-0.05, 0) is 17.9 Å². The second kappa shape index (κ2) is 4.56. The Morgan fingerprint density at radius 1 is 1.65 bits per heavy atom. The standard InChI is InChI=1S/C11H13N3O2S/c15-11-10-8(2-4-17-10)13-9(14-11)5-12-7-1-3-16-6-7/h2,4,7,12H,1,3,5-6H2,(H,13,14,15). The monoisotopic (exact) mass is 251 g/mol. The lowest BCUT2D eigenvalue weighted by Crippen LogP contribution is -2.30. The number of rotatable bonds is 3. The third-order valence-corrected chi connectivity index (χ3v) is 3.75. The predicted molar refractivity (Wildman–Crippen MR) is 66.3 cm³/mol. The van der Waals surface area contributed by atoms with Gasteiger partial charge in [0, 0.05) is 12.6 Å². The van der Waals surface area contributed by atoms with Gasteiger partial charge in [-0.25, -0.2) is 4.98 Å². The van der Waals surface area contributed by atoms with Gasteiger partial charge in [0.1, 0.15) is 10.5 Å². The molecular formula is C11H13N3O2S. The molecule has 3 heterocycles. The van der Waals surface area contributed by atoms with Crippen LogP contribution >= 0.6 is 11.3 Å². The maximum absolute atomic E-state index is 11.7. The van der Waals surface area contributed by atoms with Gasteiger partial charge in [0.25, 0.3) is 5.56 Å². The average molecular weight is 251 g/mol. The quantitative estimate of drug-likeness (QED) is 0.849. The van der Waals surface area contributed by atoms with Gasteiger partial charge in [0.15, 0.2) is 0 Å². The van der Waals surface area contributed by atoms with E-state index in [4.69, 9.17) is 4.74 Å². The van der Waals surface area contributed by atoms with Crippen molar-refractivity contribution in [2.24, 2.45) is 0 Å². The first kappa shape index (κ1) is 10.9. The zero-order valence-corrected chi connectivity index (χ0v) is 10.0. The van der Waals surface area contributed by atoms with E-state index in [-0.39, 0.29) is 5.56 Å². The molecule has 6 heteroatoms. The molecule has 2 aromatic rings. The molecule has 90 valence electrons. The fourth-order valence-electron chi connectivity index (χ4n) is 1.94. The van der Waals surface area contributed by atoms with E-state index in [0.717, 1.165) is 25.2 Å². The highest BCUT2D eigenvalue weighted by atomic mass is 32.1. The molecule has 0 bridgehead atoms. The minimum atomic E-state index is -0.0514. The lowest BCUT2D eigenvalue weighted by molar-refractivity contribution is 0.189. The van der Waals surface area contributed by atoms with Gasteiger partial charge in [0.2, 0.25) is 0 Å². The Morgan fingerprint density at radius 2 is 2.59 bits per heavy atom. The van der Waals surface area contributed by atoms with Crippen LogP contribution in [0.4, 0.5) is 0 Å². The molecule has 1 aliphatic heterocycles. The molecule has 0 saturated carbocycles. The van der Waals surface area contributed by atoms with Crippen LogP contribution in [0.25, 0.3) is 10.2 Å². The molecule has 1 unspecified atom stereocenters. The Bertz CT molecular complexity index is 571. The second-order valence-electron chi connectivity index (χ2n) is 4.09. The molecule has 1 atom stereocenters. The summed E-state index contributed by atoms with van der Waals surface area (Å²) in [6, 6.07) is 2.25. The Morgan fingerprint density at radius 3 is 3.41 bits per heavy atom. The molecule has 1 saturated heterocycles. The number of nitrogens with zero attached hydrogens (tertiary/aromatic N) is 1. The van der Waals surface area contributed by atoms with E-state index in [2.05, 4.69) is 15.3 Å². The zero-order valence-electron chi connectivity index (χ0n) is 9.23. The third-order valence-electron chi connectivity index (χ3n) is 2.85. The van der Waals surface area contributed by atoms with Crippen molar-refractivity contribution in [3.05, 3.63) is 27.6 Å². The highest BCUT2D eigenvalue weighted by Crippen LogP contribution is 2.13. The maximum Gasteiger partial charge on any atom is 0.268 e. The summed E-state index contributed by atoms with van der Waals surface area (Å²) >= 11 is 1.42. The summed E-state index contributed by atoms with van der Waals surface area (Å²) in [5.74, 6) is 0.688. The summed E-state index contributed by atoms with van der Waals surface area (Å²) in [5, 5.41) is 5.21. The molecule has 0 amide bonds. The molecule has 2 aromatic heterocycles. The number of nitrogens with one attached hydrogen (secondary N) is 2. The second-order valence-corrected chi connectivity index (χ2v) is 5.01. The summed E-state index contributed by atoms with van der Waals surface area (Å²) in [6.45, 7) is 2.13. The normalized spacial score (nSPS) is 20.1. The molecule has 17 heavy (non-hydrogen) atoms. The lowest BCUT2D eigenvalue weighted by Gasteiger charge is -2.09. The number of H-pyrrole nitrogens is 1. The van der Waals surface area contributed by atoms with Crippen molar-refractivity contribution >= 4 is 21.6 Å². The first-order chi connectivity index (χ1) is 8.33. The van der Waals surface area contributed by atoms with Crippen LogP contribution in [-0.2, 0) is 11.3 Å². The summed E-state index contributed by atoms with van der Waals surface area (Å²) in [6.07, 6.45) is 1.02. The number of aromatic nitrogens is 2. The number of thiophene rings is 1. The number of hydrogen-bond donors (Lipinski definition) is 2. The van der Waals surface area contributed by atoms with Gasteiger partial charge in [-0.3, -0.25) is 4.79 Å². The van der Waals surface area contributed by atoms with Crippen LogP contribution in [0.2, 0.25) is 0 Å². The van der Waals surface area contributed by atoms with E-state index >= 15 is 0 Å². The highest BCUT2D eigenvalue weighted by molar-refractivity contribution is 7.17. The van der Waals surface area contributed by atoms with E-state index in [1.165, 1.54) is 11.3 Å². The van der Waals surface area contributed by atoms with Crippen molar-refractivity contribution in [2.75, 3.05) is 13.2 Å². The third kappa shape index (κ3) is 2.24. The first-order valence-electron chi connectivity index (χ1n) is 5.60. The minimum Gasteiger partial charge on any atom is -0.380 e. The van der Waals surface area contributed by atoms with Crippen molar-refractivity contribution in [1.29, 1.82) is 0 Å². The largest absolute Gasteiger partial charge is 0.380 e. The van der Waals surface area contributed by atoms with Crippen LogP contribution in [0.3, 0.4) is 0 Å². The van der Waals surface area contributed by atoms with Crippen LogP contribution in [0.15, 0.2) is 16.2 Å². The fraction of sp³-hybridized carbons (Fsp3) is 0.455.